The molecule has 0 amide bonds. The second-order valence-electron chi connectivity index (χ2n) is 8.07. The van der Waals surface area contributed by atoms with E-state index in [2.05, 4.69) is 153 Å². The van der Waals surface area contributed by atoms with Crippen molar-refractivity contribution in [1.29, 1.82) is 0 Å². The Bertz CT molecular complexity index is 1520. The van der Waals surface area contributed by atoms with E-state index in [9.17, 15) is 0 Å². The lowest BCUT2D eigenvalue weighted by Crippen LogP contribution is -1.86. The zero-order chi connectivity index (χ0) is 23.3. The van der Waals surface area contributed by atoms with Crippen molar-refractivity contribution in [3.05, 3.63) is 130 Å². The first-order chi connectivity index (χ1) is 16.7. The maximum absolute atomic E-state index is 3.52. The van der Waals surface area contributed by atoms with Crippen LogP contribution >= 0.6 is 31.9 Å². The smallest absolute Gasteiger partial charge is 0.0327 e. The SMILES string of the molecule is BrCc1cccc(C#Cc2cccc3cc4cccc(C#Cc5cccc(CBr)c5)c4cc23)c1. The lowest BCUT2D eigenvalue weighted by Gasteiger charge is -2.06. The molecule has 0 nitrogen and oxygen atoms in total. The van der Waals surface area contributed by atoms with Crippen LogP contribution in [0.2, 0.25) is 0 Å². The Hall–Kier alpha value is -3.30. The minimum Gasteiger partial charge on any atom is -0.0876 e. The Morgan fingerprint density at radius 3 is 1.41 bits per heavy atom. The third kappa shape index (κ3) is 4.95. The van der Waals surface area contributed by atoms with E-state index in [1.807, 2.05) is 0 Å². The van der Waals surface area contributed by atoms with Crippen LogP contribution < -0.4 is 0 Å². The molecule has 34 heavy (non-hydrogen) atoms. The Morgan fingerprint density at radius 2 is 0.941 bits per heavy atom. The van der Waals surface area contributed by atoms with Gasteiger partial charge in [-0.3, -0.25) is 0 Å². The van der Waals surface area contributed by atoms with Crippen molar-refractivity contribution in [1.82, 2.24) is 0 Å². The summed E-state index contributed by atoms with van der Waals surface area (Å²) in [6.07, 6.45) is 0. The largest absolute Gasteiger partial charge is 0.0876 e. The van der Waals surface area contributed by atoms with Gasteiger partial charge in [-0.1, -0.05) is 104 Å². The molecule has 5 aromatic rings. The Balaban J connectivity index is 1.61. The minimum atomic E-state index is 0.826. The lowest BCUT2D eigenvalue weighted by molar-refractivity contribution is 1.42. The van der Waals surface area contributed by atoms with Crippen molar-refractivity contribution in [2.45, 2.75) is 10.7 Å². The van der Waals surface area contributed by atoms with Crippen LogP contribution in [0.4, 0.5) is 0 Å². The highest BCUT2D eigenvalue weighted by atomic mass is 79.9. The van der Waals surface area contributed by atoms with Crippen LogP contribution in [-0.4, -0.2) is 0 Å². The number of hydrogen-bond acceptors (Lipinski definition) is 0. The van der Waals surface area contributed by atoms with Gasteiger partial charge in [0.25, 0.3) is 0 Å². The van der Waals surface area contributed by atoms with Crippen LogP contribution in [0.15, 0.2) is 97.1 Å². The predicted octanol–water partition coefficient (Wildman–Crippen LogP) is 8.58. The van der Waals surface area contributed by atoms with E-state index in [1.165, 1.54) is 21.9 Å². The molecule has 0 N–H and O–H groups in total. The van der Waals surface area contributed by atoms with Crippen LogP contribution in [0.3, 0.4) is 0 Å². The van der Waals surface area contributed by atoms with Gasteiger partial charge in [-0.15, -0.1) is 0 Å². The van der Waals surface area contributed by atoms with Gasteiger partial charge in [0.1, 0.15) is 0 Å². The first kappa shape index (κ1) is 22.5. The first-order valence-electron chi connectivity index (χ1n) is 11.0. The average Bonchev–Trinajstić information content (AvgIpc) is 2.89. The van der Waals surface area contributed by atoms with Crippen molar-refractivity contribution < 1.29 is 0 Å². The summed E-state index contributed by atoms with van der Waals surface area (Å²) in [6, 6.07) is 33.8. The zero-order valence-electron chi connectivity index (χ0n) is 18.4. The monoisotopic (exact) mass is 562 g/mol. The fraction of sp³-hybridized carbons (Fsp3) is 0.0625. The van der Waals surface area contributed by atoms with Crippen molar-refractivity contribution in [2.24, 2.45) is 0 Å². The molecule has 0 saturated carbocycles. The summed E-state index contributed by atoms with van der Waals surface area (Å²) in [6.45, 7) is 0. The highest BCUT2D eigenvalue weighted by Gasteiger charge is 2.05. The maximum atomic E-state index is 3.52. The number of alkyl halides is 2. The van der Waals surface area contributed by atoms with Crippen LogP contribution in [0.25, 0.3) is 21.5 Å². The van der Waals surface area contributed by atoms with Crippen molar-refractivity contribution in [3.63, 3.8) is 0 Å². The van der Waals surface area contributed by atoms with E-state index in [-0.39, 0.29) is 0 Å². The number of fused-ring (bicyclic) bond motifs is 2. The molecule has 0 unspecified atom stereocenters. The van der Waals surface area contributed by atoms with Crippen LogP contribution in [-0.2, 0) is 10.7 Å². The summed E-state index contributed by atoms with van der Waals surface area (Å²) in [7, 11) is 0. The fourth-order valence-electron chi connectivity index (χ4n) is 4.01. The third-order valence-electron chi connectivity index (χ3n) is 5.72. The van der Waals surface area contributed by atoms with Crippen molar-refractivity contribution in [2.75, 3.05) is 0 Å². The number of rotatable bonds is 2. The zero-order valence-corrected chi connectivity index (χ0v) is 21.6. The van der Waals surface area contributed by atoms with Crippen molar-refractivity contribution in [3.8, 4) is 23.7 Å². The van der Waals surface area contributed by atoms with E-state index >= 15 is 0 Å². The van der Waals surface area contributed by atoms with Gasteiger partial charge in [-0.25, -0.2) is 0 Å². The van der Waals surface area contributed by atoms with E-state index < -0.39 is 0 Å². The van der Waals surface area contributed by atoms with Gasteiger partial charge >= 0.3 is 0 Å². The molecule has 0 aromatic heterocycles. The van der Waals surface area contributed by atoms with Crippen molar-refractivity contribution >= 4 is 53.4 Å². The van der Waals surface area contributed by atoms with Gasteiger partial charge < -0.3 is 0 Å². The van der Waals surface area contributed by atoms with Crippen LogP contribution in [0.1, 0.15) is 33.4 Å². The first-order valence-corrected chi connectivity index (χ1v) is 13.3. The lowest BCUT2D eigenvalue weighted by atomic mass is 9.97. The van der Waals surface area contributed by atoms with E-state index in [0.29, 0.717) is 0 Å². The molecule has 0 spiro atoms. The molecular formula is C32H20Br2. The number of halogens is 2. The van der Waals surface area contributed by atoms with Crippen LogP contribution in [0.5, 0.6) is 0 Å². The predicted molar refractivity (Wildman–Crippen MR) is 152 cm³/mol. The molecule has 5 aromatic carbocycles. The van der Waals surface area contributed by atoms with Crippen LogP contribution in [0, 0.1) is 23.7 Å². The molecule has 0 fully saturated rings. The summed E-state index contributed by atoms with van der Waals surface area (Å²) >= 11 is 7.05. The minimum absolute atomic E-state index is 0.826. The molecule has 162 valence electrons. The number of benzene rings is 5. The number of hydrogen-bond donors (Lipinski definition) is 0. The maximum Gasteiger partial charge on any atom is 0.0327 e. The Morgan fingerprint density at radius 1 is 0.471 bits per heavy atom. The molecular weight excluding hydrogens is 544 g/mol. The molecule has 0 heterocycles. The second-order valence-corrected chi connectivity index (χ2v) is 9.20. The molecule has 0 atom stereocenters. The van der Waals surface area contributed by atoms with Gasteiger partial charge in [0.2, 0.25) is 0 Å². The Labute approximate surface area is 217 Å². The van der Waals surface area contributed by atoms with E-state index in [0.717, 1.165) is 43.7 Å². The molecule has 0 saturated heterocycles. The summed E-state index contributed by atoms with van der Waals surface area (Å²) in [4.78, 5) is 0. The molecule has 0 radical (unpaired) electrons. The highest BCUT2D eigenvalue weighted by molar-refractivity contribution is 9.08. The topological polar surface area (TPSA) is 0 Å². The third-order valence-corrected chi connectivity index (χ3v) is 7.02. The normalized spacial score (nSPS) is 10.4. The quantitative estimate of drug-likeness (QED) is 0.115. The standard InChI is InChI=1S/C32H20Br2/c33-21-25-7-1-5-23(17-25)13-15-27-9-3-11-29-19-30-12-4-10-28(32(30)20-31(27)29)16-14-24-6-2-8-26(18-24)22-34/h1-12,17-20H,21-22H2. The summed E-state index contributed by atoms with van der Waals surface area (Å²) < 4.78 is 0. The van der Waals surface area contributed by atoms with E-state index in [4.69, 9.17) is 0 Å². The van der Waals surface area contributed by atoms with Gasteiger partial charge in [0.15, 0.2) is 0 Å². The molecule has 0 bridgehead atoms. The highest BCUT2D eigenvalue weighted by Crippen LogP contribution is 2.27. The fourth-order valence-corrected chi connectivity index (χ4v) is 4.71. The molecule has 0 aliphatic heterocycles. The van der Waals surface area contributed by atoms with Gasteiger partial charge in [0.05, 0.1) is 0 Å². The molecule has 5 rings (SSSR count). The molecule has 2 heteroatoms. The summed E-state index contributed by atoms with van der Waals surface area (Å²) in [5, 5.41) is 6.32. The molecule has 0 aliphatic carbocycles. The average molecular weight is 564 g/mol. The van der Waals surface area contributed by atoms with Gasteiger partial charge in [-0.05, 0) is 81.2 Å². The van der Waals surface area contributed by atoms with Gasteiger partial charge in [-0.2, -0.15) is 0 Å². The second kappa shape index (κ2) is 10.3. The molecule has 0 aliphatic rings. The van der Waals surface area contributed by atoms with E-state index in [1.54, 1.807) is 0 Å². The summed E-state index contributed by atoms with van der Waals surface area (Å²) in [5.74, 6) is 13.5. The Kier molecular flexibility index (Phi) is 6.82. The summed E-state index contributed by atoms with van der Waals surface area (Å²) in [5.41, 5.74) is 6.54. The van der Waals surface area contributed by atoms with Gasteiger partial charge in [0, 0.05) is 32.9 Å².